The number of benzene rings is 2. The molecule has 0 heterocycles. The van der Waals surface area contributed by atoms with Crippen LogP contribution in [0.15, 0.2) is 42.5 Å². The van der Waals surface area contributed by atoms with Crippen LogP contribution in [-0.4, -0.2) is 42.4 Å². The van der Waals surface area contributed by atoms with E-state index >= 15 is 0 Å². The number of likely N-dealkylation sites (N-methyl/N-ethyl adjacent to an activating group) is 1. The lowest BCUT2D eigenvalue weighted by Gasteiger charge is -2.21. The normalized spacial score (nSPS) is 11.5. The molecule has 2 rings (SSSR count). The van der Waals surface area contributed by atoms with Gasteiger partial charge in [0.2, 0.25) is 5.91 Å². The molecule has 6 nitrogen and oxygen atoms in total. The number of nitrogens with one attached hydrogen (secondary N) is 1. The molecule has 0 aliphatic carbocycles. The molecular weight excluding hydrogens is 356 g/mol. The number of hydrogen-bond acceptors (Lipinski definition) is 4. The van der Waals surface area contributed by atoms with Crippen LogP contribution < -0.4 is 5.32 Å². The number of nitrogens with zero attached hydrogens (tertiary/aromatic N) is 1. The SMILES string of the molecule is Cc1ccc(NC(=O)CN(C)C(=O)[C@H](C)OC(=O)c2cccc(C)c2C)cc1. The minimum Gasteiger partial charge on any atom is -0.449 e. The van der Waals surface area contributed by atoms with Gasteiger partial charge in [-0.15, -0.1) is 0 Å². The zero-order valence-corrected chi connectivity index (χ0v) is 16.9. The number of rotatable bonds is 6. The van der Waals surface area contributed by atoms with Gasteiger partial charge >= 0.3 is 5.97 Å². The average molecular weight is 382 g/mol. The summed E-state index contributed by atoms with van der Waals surface area (Å²) in [6.07, 6.45) is -0.996. The van der Waals surface area contributed by atoms with E-state index in [4.69, 9.17) is 4.74 Å². The van der Waals surface area contributed by atoms with Gasteiger partial charge in [0.25, 0.3) is 5.91 Å². The number of hydrogen-bond donors (Lipinski definition) is 1. The van der Waals surface area contributed by atoms with E-state index in [9.17, 15) is 14.4 Å². The number of carbonyl (C=O) groups excluding carboxylic acids is 3. The van der Waals surface area contributed by atoms with Crippen molar-refractivity contribution in [3.8, 4) is 0 Å². The molecule has 0 aliphatic heterocycles. The van der Waals surface area contributed by atoms with Gasteiger partial charge in [-0.05, 0) is 57.0 Å². The Balaban J connectivity index is 1.92. The molecule has 1 atom stereocenters. The molecule has 0 bridgehead atoms. The van der Waals surface area contributed by atoms with E-state index in [0.29, 0.717) is 11.3 Å². The molecule has 28 heavy (non-hydrogen) atoms. The van der Waals surface area contributed by atoms with E-state index in [1.54, 1.807) is 24.3 Å². The lowest BCUT2D eigenvalue weighted by Crippen LogP contribution is -2.41. The topological polar surface area (TPSA) is 75.7 Å². The van der Waals surface area contributed by atoms with Crippen molar-refractivity contribution in [2.45, 2.75) is 33.8 Å². The Morgan fingerprint density at radius 3 is 2.32 bits per heavy atom. The largest absolute Gasteiger partial charge is 0.449 e. The Bertz CT molecular complexity index is 875. The van der Waals surface area contributed by atoms with Crippen LogP contribution >= 0.6 is 0 Å². The standard InChI is InChI=1S/C22H26N2O4/c1-14-9-11-18(12-10-14)23-20(25)13-24(5)21(26)17(4)28-22(27)19-8-6-7-15(2)16(19)3/h6-12,17H,13H2,1-5H3,(H,23,25)/t17-/m0/s1. The highest BCUT2D eigenvalue weighted by Crippen LogP contribution is 2.15. The number of carbonyl (C=O) groups is 3. The van der Waals surface area contributed by atoms with Crippen LogP contribution in [0.3, 0.4) is 0 Å². The Kier molecular flexibility index (Phi) is 6.93. The molecule has 2 aromatic rings. The van der Waals surface area contributed by atoms with Crippen LogP contribution in [0.25, 0.3) is 0 Å². The van der Waals surface area contributed by atoms with Gasteiger partial charge in [-0.1, -0.05) is 29.8 Å². The van der Waals surface area contributed by atoms with Crippen LogP contribution in [0.4, 0.5) is 5.69 Å². The monoisotopic (exact) mass is 382 g/mol. The molecule has 0 aromatic heterocycles. The minimum atomic E-state index is -0.996. The Morgan fingerprint density at radius 1 is 1.04 bits per heavy atom. The molecule has 0 unspecified atom stereocenters. The maximum atomic E-state index is 12.5. The van der Waals surface area contributed by atoms with E-state index in [0.717, 1.165) is 16.7 Å². The van der Waals surface area contributed by atoms with Gasteiger partial charge < -0.3 is 15.0 Å². The highest BCUT2D eigenvalue weighted by atomic mass is 16.5. The van der Waals surface area contributed by atoms with Crippen LogP contribution in [0.5, 0.6) is 0 Å². The molecule has 1 N–H and O–H groups in total. The molecule has 148 valence electrons. The van der Waals surface area contributed by atoms with E-state index in [2.05, 4.69) is 5.32 Å². The number of amides is 2. The average Bonchev–Trinajstić information content (AvgIpc) is 2.64. The second kappa shape index (κ2) is 9.17. The van der Waals surface area contributed by atoms with E-state index in [1.165, 1.54) is 18.9 Å². The van der Waals surface area contributed by atoms with Crippen molar-refractivity contribution in [2.75, 3.05) is 18.9 Å². The molecule has 0 aliphatic rings. The Hall–Kier alpha value is -3.15. The van der Waals surface area contributed by atoms with E-state index < -0.39 is 18.0 Å². The van der Waals surface area contributed by atoms with Gasteiger partial charge in [-0.2, -0.15) is 0 Å². The predicted molar refractivity (Wildman–Crippen MR) is 108 cm³/mol. The third-order valence-corrected chi connectivity index (χ3v) is 4.55. The number of anilines is 1. The first-order valence-electron chi connectivity index (χ1n) is 9.07. The maximum absolute atomic E-state index is 12.5. The predicted octanol–water partition coefficient (Wildman–Crippen LogP) is 3.25. The molecule has 0 fully saturated rings. The van der Waals surface area contributed by atoms with Gasteiger partial charge in [-0.3, -0.25) is 9.59 Å². The molecule has 6 heteroatoms. The van der Waals surface area contributed by atoms with Crippen molar-refractivity contribution in [2.24, 2.45) is 0 Å². The van der Waals surface area contributed by atoms with E-state index in [1.807, 2.05) is 39.0 Å². The van der Waals surface area contributed by atoms with Crippen LogP contribution in [0.1, 0.15) is 34.0 Å². The van der Waals surface area contributed by atoms with Crippen molar-refractivity contribution in [3.63, 3.8) is 0 Å². The van der Waals surface area contributed by atoms with E-state index in [-0.39, 0.29) is 12.5 Å². The van der Waals surface area contributed by atoms with Crippen molar-refractivity contribution >= 4 is 23.5 Å². The lowest BCUT2D eigenvalue weighted by molar-refractivity contribution is -0.140. The lowest BCUT2D eigenvalue weighted by atomic mass is 10.0. The summed E-state index contributed by atoms with van der Waals surface area (Å²) in [6, 6.07) is 12.7. The summed E-state index contributed by atoms with van der Waals surface area (Å²) in [6.45, 7) is 7.05. The Morgan fingerprint density at radius 2 is 1.68 bits per heavy atom. The van der Waals surface area contributed by atoms with Crippen molar-refractivity contribution < 1.29 is 19.1 Å². The van der Waals surface area contributed by atoms with Gasteiger partial charge in [0.15, 0.2) is 6.10 Å². The quantitative estimate of drug-likeness (QED) is 0.778. The molecule has 0 saturated heterocycles. The van der Waals surface area contributed by atoms with Crippen molar-refractivity contribution in [1.82, 2.24) is 4.90 Å². The summed E-state index contributed by atoms with van der Waals surface area (Å²) in [7, 11) is 1.50. The second-order valence-electron chi connectivity index (χ2n) is 6.90. The zero-order chi connectivity index (χ0) is 20.8. The van der Waals surface area contributed by atoms with Gasteiger partial charge in [0.05, 0.1) is 12.1 Å². The Labute approximate surface area is 165 Å². The van der Waals surface area contributed by atoms with Gasteiger partial charge in [0, 0.05) is 12.7 Å². The number of aryl methyl sites for hydroxylation is 2. The fourth-order valence-electron chi connectivity index (χ4n) is 2.69. The summed E-state index contributed by atoms with van der Waals surface area (Å²) < 4.78 is 5.31. The minimum absolute atomic E-state index is 0.141. The first-order valence-corrected chi connectivity index (χ1v) is 9.07. The molecule has 0 radical (unpaired) electrons. The van der Waals surface area contributed by atoms with Crippen molar-refractivity contribution in [3.05, 3.63) is 64.7 Å². The first-order chi connectivity index (χ1) is 13.2. The fraction of sp³-hybridized carbons (Fsp3) is 0.318. The van der Waals surface area contributed by atoms with Crippen LogP contribution in [0.2, 0.25) is 0 Å². The van der Waals surface area contributed by atoms with Crippen molar-refractivity contribution in [1.29, 1.82) is 0 Å². The molecule has 2 aromatic carbocycles. The smallest absolute Gasteiger partial charge is 0.339 e. The molecular formula is C22H26N2O4. The first kappa shape index (κ1) is 21.2. The molecule has 2 amide bonds. The summed E-state index contributed by atoms with van der Waals surface area (Å²) in [5.41, 5.74) is 3.96. The van der Waals surface area contributed by atoms with Crippen LogP contribution in [0, 0.1) is 20.8 Å². The van der Waals surface area contributed by atoms with Gasteiger partial charge in [0.1, 0.15) is 0 Å². The number of esters is 1. The molecule has 0 saturated carbocycles. The summed E-state index contributed by atoms with van der Waals surface area (Å²) >= 11 is 0. The number of ether oxygens (including phenoxy) is 1. The van der Waals surface area contributed by atoms with Gasteiger partial charge in [-0.25, -0.2) is 4.79 Å². The summed E-state index contributed by atoms with van der Waals surface area (Å²) in [5, 5.41) is 2.73. The zero-order valence-electron chi connectivity index (χ0n) is 16.9. The third-order valence-electron chi connectivity index (χ3n) is 4.55. The third kappa shape index (κ3) is 5.42. The summed E-state index contributed by atoms with van der Waals surface area (Å²) in [5.74, 6) is -1.33. The fourth-order valence-corrected chi connectivity index (χ4v) is 2.69. The maximum Gasteiger partial charge on any atom is 0.339 e. The molecule has 0 spiro atoms. The highest BCUT2D eigenvalue weighted by molar-refractivity contribution is 5.96. The highest BCUT2D eigenvalue weighted by Gasteiger charge is 2.24. The second-order valence-corrected chi connectivity index (χ2v) is 6.90. The summed E-state index contributed by atoms with van der Waals surface area (Å²) in [4.78, 5) is 38.2. The van der Waals surface area contributed by atoms with Crippen LogP contribution in [-0.2, 0) is 14.3 Å².